The van der Waals surface area contributed by atoms with E-state index in [1.54, 1.807) is 15.9 Å². The number of hydrogen-bond donors (Lipinski definition) is 0. The van der Waals surface area contributed by atoms with Crippen LogP contribution in [-0.4, -0.2) is 42.0 Å². The molecule has 0 N–H and O–H groups in total. The Hall–Kier alpha value is -2.57. The van der Waals surface area contributed by atoms with E-state index in [4.69, 9.17) is 0 Å². The summed E-state index contributed by atoms with van der Waals surface area (Å²) < 4.78 is 38.7. The minimum atomic E-state index is -4.39. The van der Waals surface area contributed by atoms with Gasteiger partial charge in [-0.05, 0) is 37.6 Å². The topological polar surface area (TPSA) is 36.4 Å². The first-order chi connectivity index (χ1) is 12.3. The first-order valence-corrected chi connectivity index (χ1v) is 8.49. The van der Waals surface area contributed by atoms with Gasteiger partial charge in [-0.15, -0.1) is 0 Å². The predicted octanol–water partition coefficient (Wildman–Crippen LogP) is 3.76. The number of hydrogen-bond acceptors (Lipinski definition) is 3. The number of rotatable bonds is 2. The minimum Gasteiger partial charge on any atom is -0.355 e. The summed E-state index contributed by atoms with van der Waals surface area (Å²) in [6, 6.07) is 9.44. The number of aryl methyl sites for hydroxylation is 1. The summed E-state index contributed by atoms with van der Waals surface area (Å²) in [5.41, 5.74) is 0.940. The average molecular weight is 363 g/mol. The van der Waals surface area contributed by atoms with Crippen molar-refractivity contribution in [1.82, 2.24) is 9.88 Å². The van der Waals surface area contributed by atoms with E-state index in [0.29, 0.717) is 44.0 Å². The molecule has 0 aliphatic carbocycles. The van der Waals surface area contributed by atoms with E-state index in [-0.39, 0.29) is 5.91 Å². The van der Waals surface area contributed by atoms with Crippen molar-refractivity contribution in [2.45, 2.75) is 19.5 Å². The van der Waals surface area contributed by atoms with Crippen LogP contribution in [0.25, 0.3) is 0 Å². The molecule has 4 nitrogen and oxygen atoms in total. The second-order valence-corrected chi connectivity index (χ2v) is 6.40. The van der Waals surface area contributed by atoms with E-state index in [1.165, 1.54) is 6.20 Å². The lowest BCUT2D eigenvalue weighted by atomic mass is 10.1. The number of alkyl halides is 3. The highest BCUT2D eigenvalue weighted by atomic mass is 19.4. The number of carbonyl (C=O) groups is 1. The molecule has 0 saturated carbocycles. The fraction of sp³-hybridized carbons (Fsp3) is 0.368. The Morgan fingerprint density at radius 3 is 2.62 bits per heavy atom. The van der Waals surface area contributed by atoms with Crippen LogP contribution in [0.1, 0.15) is 27.9 Å². The van der Waals surface area contributed by atoms with E-state index >= 15 is 0 Å². The third kappa shape index (κ3) is 4.15. The summed E-state index contributed by atoms with van der Waals surface area (Å²) >= 11 is 0. The van der Waals surface area contributed by atoms with E-state index in [2.05, 4.69) is 4.98 Å². The highest BCUT2D eigenvalue weighted by molar-refractivity contribution is 5.94. The minimum absolute atomic E-state index is 0.0486. The van der Waals surface area contributed by atoms with Gasteiger partial charge in [-0.3, -0.25) is 4.79 Å². The predicted molar refractivity (Wildman–Crippen MR) is 93.2 cm³/mol. The number of amides is 1. The molecule has 2 heterocycles. The highest BCUT2D eigenvalue weighted by Crippen LogP contribution is 2.30. The second kappa shape index (κ2) is 7.35. The number of pyridine rings is 1. The number of anilines is 1. The van der Waals surface area contributed by atoms with Crippen molar-refractivity contribution in [3.05, 3.63) is 59.3 Å². The average Bonchev–Trinajstić information content (AvgIpc) is 2.87. The monoisotopic (exact) mass is 363 g/mol. The van der Waals surface area contributed by atoms with Crippen LogP contribution in [0.5, 0.6) is 0 Å². The van der Waals surface area contributed by atoms with Crippen molar-refractivity contribution in [3.8, 4) is 0 Å². The summed E-state index contributed by atoms with van der Waals surface area (Å²) in [5, 5.41) is 0. The van der Waals surface area contributed by atoms with Crippen LogP contribution >= 0.6 is 0 Å². The molecule has 0 radical (unpaired) electrons. The van der Waals surface area contributed by atoms with Crippen LogP contribution in [0.4, 0.5) is 19.0 Å². The fourth-order valence-corrected chi connectivity index (χ4v) is 3.08. The lowest BCUT2D eigenvalue weighted by Gasteiger charge is -2.23. The maximum atomic E-state index is 12.9. The first kappa shape index (κ1) is 18.2. The zero-order valence-corrected chi connectivity index (χ0v) is 14.5. The zero-order chi connectivity index (χ0) is 18.7. The molecule has 0 spiro atoms. The van der Waals surface area contributed by atoms with Gasteiger partial charge in [0.25, 0.3) is 5.91 Å². The van der Waals surface area contributed by atoms with Gasteiger partial charge in [0.15, 0.2) is 0 Å². The summed E-state index contributed by atoms with van der Waals surface area (Å²) in [6.07, 6.45) is -2.54. The van der Waals surface area contributed by atoms with Gasteiger partial charge in [-0.25, -0.2) is 4.98 Å². The molecule has 138 valence electrons. The van der Waals surface area contributed by atoms with Crippen LogP contribution in [0.2, 0.25) is 0 Å². The van der Waals surface area contributed by atoms with Gasteiger partial charge in [-0.1, -0.05) is 17.7 Å². The molecule has 7 heteroatoms. The molecule has 0 unspecified atom stereocenters. The maximum Gasteiger partial charge on any atom is 0.416 e. The van der Waals surface area contributed by atoms with Crippen molar-refractivity contribution in [1.29, 1.82) is 0 Å². The van der Waals surface area contributed by atoms with Crippen LogP contribution in [0.3, 0.4) is 0 Å². The third-order valence-corrected chi connectivity index (χ3v) is 4.44. The molecule has 1 aliphatic rings. The molecular weight excluding hydrogens is 343 g/mol. The van der Waals surface area contributed by atoms with Crippen molar-refractivity contribution in [3.63, 3.8) is 0 Å². The smallest absolute Gasteiger partial charge is 0.355 e. The fourth-order valence-electron chi connectivity index (χ4n) is 3.08. The lowest BCUT2D eigenvalue weighted by molar-refractivity contribution is -0.137. The summed E-state index contributed by atoms with van der Waals surface area (Å²) in [4.78, 5) is 20.3. The Balaban J connectivity index is 1.72. The number of benzene rings is 1. The highest BCUT2D eigenvalue weighted by Gasteiger charge is 2.31. The molecule has 0 bridgehead atoms. The molecule has 1 saturated heterocycles. The third-order valence-electron chi connectivity index (χ3n) is 4.44. The van der Waals surface area contributed by atoms with E-state index in [0.717, 1.165) is 17.7 Å². The van der Waals surface area contributed by atoms with Gasteiger partial charge in [0, 0.05) is 37.9 Å². The van der Waals surface area contributed by atoms with E-state index in [9.17, 15) is 18.0 Å². The normalized spacial score (nSPS) is 15.7. The summed E-state index contributed by atoms with van der Waals surface area (Å²) in [7, 11) is 0. The summed E-state index contributed by atoms with van der Waals surface area (Å²) in [6.45, 7) is 3.96. The number of carbonyl (C=O) groups excluding carboxylic acids is 1. The quantitative estimate of drug-likeness (QED) is 0.815. The van der Waals surface area contributed by atoms with E-state index < -0.39 is 11.7 Å². The van der Waals surface area contributed by atoms with E-state index in [1.807, 2.05) is 25.1 Å². The van der Waals surface area contributed by atoms with Crippen LogP contribution < -0.4 is 4.90 Å². The Morgan fingerprint density at radius 1 is 1.08 bits per heavy atom. The molecule has 1 amide bonds. The van der Waals surface area contributed by atoms with Gasteiger partial charge in [0.1, 0.15) is 5.82 Å². The second-order valence-electron chi connectivity index (χ2n) is 6.40. The zero-order valence-electron chi connectivity index (χ0n) is 14.5. The molecule has 2 aromatic rings. The van der Waals surface area contributed by atoms with Crippen LogP contribution in [0.15, 0.2) is 42.6 Å². The number of halogens is 3. The molecule has 0 atom stereocenters. The van der Waals surface area contributed by atoms with Crippen molar-refractivity contribution < 1.29 is 18.0 Å². The molecule has 1 fully saturated rings. The maximum absolute atomic E-state index is 12.9. The summed E-state index contributed by atoms with van der Waals surface area (Å²) in [5.74, 6) is 0.247. The standard InChI is InChI=1S/C19H20F3N3O/c1-14-4-2-5-15(12-14)18(26)25-9-3-8-24(10-11-25)17-13-16(6-7-23-17)19(20,21)22/h2,4-7,12-13H,3,8-11H2,1H3. The Kier molecular flexibility index (Phi) is 5.15. The molecule has 3 rings (SSSR count). The molecule has 1 aromatic carbocycles. The Labute approximate surface area is 150 Å². The van der Waals surface area contributed by atoms with Crippen molar-refractivity contribution in [2.75, 3.05) is 31.1 Å². The molecule has 26 heavy (non-hydrogen) atoms. The van der Waals surface area contributed by atoms with Crippen molar-refractivity contribution >= 4 is 11.7 Å². The largest absolute Gasteiger partial charge is 0.416 e. The number of aromatic nitrogens is 1. The van der Waals surface area contributed by atoms with Gasteiger partial charge in [0.05, 0.1) is 5.56 Å². The van der Waals surface area contributed by atoms with Gasteiger partial charge in [0.2, 0.25) is 0 Å². The Bertz CT molecular complexity index is 792. The van der Waals surface area contributed by atoms with Crippen LogP contribution in [-0.2, 0) is 6.18 Å². The first-order valence-electron chi connectivity index (χ1n) is 8.49. The lowest BCUT2D eigenvalue weighted by Crippen LogP contribution is -2.35. The van der Waals surface area contributed by atoms with Crippen molar-refractivity contribution in [2.24, 2.45) is 0 Å². The SMILES string of the molecule is Cc1cccc(C(=O)N2CCCN(c3cc(C(F)(F)F)ccn3)CC2)c1. The molecular formula is C19H20F3N3O. The molecule has 1 aromatic heterocycles. The van der Waals surface area contributed by atoms with Gasteiger partial charge >= 0.3 is 6.18 Å². The molecule has 1 aliphatic heterocycles. The number of nitrogens with zero attached hydrogens (tertiary/aromatic N) is 3. The Morgan fingerprint density at radius 2 is 1.88 bits per heavy atom. The van der Waals surface area contributed by atoms with Gasteiger partial charge in [-0.2, -0.15) is 13.2 Å². The van der Waals surface area contributed by atoms with Gasteiger partial charge < -0.3 is 9.80 Å². The van der Waals surface area contributed by atoms with Crippen LogP contribution in [0, 0.1) is 6.92 Å².